The smallest absolute Gasteiger partial charge is 0.0799 e. The van der Waals surface area contributed by atoms with E-state index in [-0.39, 0.29) is 12.2 Å². The van der Waals surface area contributed by atoms with Gasteiger partial charge in [-0.25, -0.2) is 0 Å². The number of aliphatic hydroxyl groups is 1. The van der Waals surface area contributed by atoms with Crippen LogP contribution in [0.4, 0.5) is 0 Å². The predicted octanol–water partition coefficient (Wildman–Crippen LogP) is 0.402. The molecule has 1 N–H and O–H groups in total. The second-order valence-electron chi connectivity index (χ2n) is 1.68. The molecule has 0 aromatic carbocycles. The van der Waals surface area contributed by atoms with Crippen LogP contribution in [0, 0.1) is 0 Å². The van der Waals surface area contributed by atoms with Crippen molar-refractivity contribution >= 4 is 0 Å². The Labute approximate surface area is 44.1 Å². The monoisotopic (exact) mass is 104 g/mol. The summed E-state index contributed by atoms with van der Waals surface area (Å²) in [5, 5.41) is 8.70. The molecule has 0 aromatic rings. The third-order valence-corrected chi connectivity index (χ3v) is 1.05. The van der Waals surface area contributed by atoms with Gasteiger partial charge in [-0.15, -0.1) is 0 Å². The molecule has 0 aromatic heterocycles. The van der Waals surface area contributed by atoms with E-state index < -0.39 is 0 Å². The minimum atomic E-state index is -0.356. The third kappa shape index (κ3) is 2.60. The van der Waals surface area contributed by atoms with Crippen LogP contribution in [-0.4, -0.2) is 24.4 Å². The molecule has 0 heterocycles. The average molecular weight is 104 g/mol. The molecule has 0 fully saturated rings. The van der Waals surface area contributed by atoms with E-state index in [0.29, 0.717) is 0 Å². The lowest BCUT2D eigenvalue weighted by Gasteiger charge is -2.10. The zero-order valence-corrected chi connectivity index (χ0v) is 5.01. The fourth-order valence-electron chi connectivity index (χ4n) is 0.197. The highest BCUT2D eigenvalue weighted by Crippen LogP contribution is 1.92. The number of aliphatic hydroxyl groups excluding tert-OH is 1. The zero-order chi connectivity index (χ0) is 5.86. The highest BCUT2D eigenvalue weighted by Gasteiger charge is 2.03. The maximum Gasteiger partial charge on any atom is 0.0799 e. The Kier molecular flexibility index (Phi) is 2.96. The van der Waals surface area contributed by atoms with E-state index in [1.54, 1.807) is 14.0 Å². The van der Waals surface area contributed by atoms with Crippen LogP contribution in [0.5, 0.6) is 0 Å². The van der Waals surface area contributed by atoms with E-state index in [4.69, 9.17) is 9.84 Å². The fraction of sp³-hybridized carbons (Fsp3) is 1.00. The second kappa shape index (κ2) is 2.99. The molecule has 1 unspecified atom stereocenters. The van der Waals surface area contributed by atoms with Crippen LogP contribution in [0.25, 0.3) is 0 Å². The minimum absolute atomic E-state index is 0.0417. The van der Waals surface area contributed by atoms with Crippen molar-refractivity contribution in [1.82, 2.24) is 0 Å². The molecule has 0 aliphatic carbocycles. The molecular formula is C5H12O2. The van der Waals surface area contributed by atoms with Crippen LogP contribution in [0.2, 0.25) is 0 Å². The highest BCUT2D eigenvalue weighted by atomic mass is 16.5. The largest absolute Gasteiger partial charge is 0.391 e. The molecule has 0 aliphatic rings. The van der Waals surface area contributed by atoms with Crippen LogP contribution in [0.15, 0.2) is 0 Å². The van der Waals surface area contributed by atoms with Gasteiger partial charge >= 0.3 is 0 Å². The van der Waals surface area contributed by atoms with Gasteiger partial charge in [-0.2, -0.15) is 0 Å². The molecule has 2 atom stereocenters. The van der Waals surface area contributed by atoms with E-state index >= 15 is 0 Å². The molecule has 0 saturated heterocycles. The average Bonchev–Trinajstić information content (AvgIpc) is 1.65. The van der Waals surface area contributed by atoms with Crippen molar-refractivity contribution in [3.8, 4) is 0 Å². The molecule has 2 heteroatoms. The maximum atomic E-state index is 8.70. The van der Waals surface area contributed by atoms with Gasteiger partial charge in [-0.05, 0) is 13.8 Å². The predicted molar refractivity (Wildman–Crippen MR) is 28.2 cm³/mol. The van der Waals surface area contributed by atoms with Crippen molar-refractivity contribution in [3.63, 3.8) is 0 Å². The summed E-state index contributed by atoms with van der Waals surface area (Å²) in [7, 11) is 1.58. The van der Waals surface area contributed by atoms with Crippen molar-refractivity contribution < 1.29 is 9.84 Å². The lowest BCUT2D eigenvalue weighted by atomic mass is 10.3. The van der Waals surface area contributed by atoms with Crippen LogP contribution >= 0.6 is 0 Å². The molecule has 0 saturated carbocycles. The topological polar surface area (TPSA) is 29.5 Å². The lowest BCUT2D eigenvalue weighted by molar-refractivity contribution is 0.00997. The van der Waals surface area contributed by atoms with E-state index in [9.17, 15) is 0 Å². The number of rotatable bonds is 2. The van der Waals surface area contributed by atoms with Crippen LogP contribution in [-0.2, 0) is 4.74 Å². The highest BCUT2D eigenvalue weighted by molar-refractivity contribution is 4.53. The first-order chi connectivity index (χ1) is 3.18. The summed E-state index contributed by atoms with van der Waals surface area (Å²) in [5.41, 5.74) is 0. The van der Waals surface area contributed by atoms with Gasteiger partial charge in [-0.3, -0.25) is 0 Å². The third-order valence-electron chi connectivity index (χ3n) is 1.05. The Morgan fingerprint density at radius 3 is 1.86 bits per heavy atom. The van der Waals surface area contributed by atoms with E-state index in [1.807, 2.05) is 6.92 Å². The Balaban J connectivity index is 3.14. The van der Waals surface area contributed by atoms with Gasteiger partial charge < -0.3 is 9.84 Å². The summed E-state index contributed by atoms with van der Waals surface area (Å²) in [6.07, 6.45) is -0.398. The van der Waals surface area contributed by atoms with Gasteiger partial charge in [-0.1, -0.05) is 0 Å². The van der Waals surface area contributed by atoms with Crippen LogP contribution in [0.1, 0.15) is 13.8 Å². The lowest BCUT2D eigenvalue weighted by Crippen LogP contribution is -2.20. The molecule has 2 nitrogen and oxygen atoms in total. The first-order valence-corrected chi connectivity index (χ1v) is 2.39. The molecule has 44 valence electrons. The van der Waals surface area contributed by atoms with Crippen molar-refractivity contribution in [1.29, 1.82) is 0 Å². The van der Waals surface area contributed by atoms with Gasteiger partial charge in [0.1, 0.15) is 0 Å². The number of hydrogen-bond donors (Lipinski definition) is 1. The van der Waals surface area contributed by atoms with Gasteiger partial charge in [0.2, 0.25) is 0 Å². The van der Waals surface area contributed by atoms with E-state index in [1.165, 1.54) is 0 Å². The second-order valence-corrected chi connectivity index (χ2v) is 1.68. The fourth-order valence-corrected chi connectivity index (χ4v) is 0.197. The van der Waals surface area contributed by atoms with E-state index in [2.05, 4.69) is 0 Å². The number of methoxy groups -OCH3 is 1. The Morgan fingerprint density at radius 2 is 1.86 bits per heavy atom. The first-order valence-electron chi connectivity index (χ1n) is 2.39. The molecule has 0 amide bonds. The van der Waals surface area contributed by atoms with Gasteiger partial charge in [0.05, 0.1) is 12.2 Å². The Hall–Kier alpha value is -0.0800. The summed E-state index contributed by atoms with van der Waals surface area (Å²) in [6.45, 7) is 3.53. The van der Waals surface area contributed by atoms with Crippen LogP contribution < -0.4 is 0 Å². The maximum absolute atomic E-state index is 8.70. The summed E-state index contributed by atoms with van der Waals surface area (Å²) >= 11 is 0. The standard InChI is InChI=1S/C5H12O2/c1-4(6)5(2)7-3/h4-6H,1-3H3/t4?,5-/m0/s1. The summed E-state index contributed by atoms with van der Waals surface area (Å²) in [6, 6.07) is 0. The molecule has 0 radical (unpaired) electrons. The van der Waals surface area contributed by atoms with E-state index in [0.717, 1.165) is 0 Å². The summed E-state index contributed by atoms with van der Waals surface area (Å²) < 4.78 is 4.76. The van der Waals surface area contributed by atoms with Gasteiger partial charge in [0.15, 0.2) is 0 Å². The Morgan fingerprint density at radius 1 is 1.43 bits per heavy atom. The number of hydrogen-bond acceptors (Lipinski definition) is 2. The first kappa shape index (κ1) is 6.92. The Bertz CT molecular complexity index is 43.3. The van der Waals surface area contributed by atoms with Crippen LogP contribution in [0.3, 0.4) is 0 Å². The van der Waals surface area contributed by atoms with Crippen molar-refractivity contribution in [3.05, 3.63) is 0 Å². The molecule has 0 aliphatic heterocycles. The van der Waals surface area contributed by atoms with Crippen molar-refractivity contribution in [2.45, 2.75) is 26.1 Å². The van der Waals surface area contributed by atoms with Crippen molar-refractivity contribution in [2.24, 2.45) is 0 Å². The summed E-state index contributed by atoms with van der Waals surface area (Å²) in [4.78, 5) is 0. The normalized spacial score (nSPS) is 18.9. The summed E-state index contributed by atoms with van der Waals surface area (Å²) in [5.74, 6) is 0. The molecular weight excluding hydrogens is 92.1 g/mol. The molecule has 0 rings (SSSR count). The zero-order valence-electron chi connectivity index (χ0n) is 5.01. The molecule has 0 spiro atoms. The number of ether oxygens (including phenoxy) is 1. The van der Waals surface area contributed by atoms with Gasteiger partial charge in [0, 0.05) is 7.11 Å². The van der Waals surface area contributed by atoms with Gasteiger partial charge in [0.25, 0.3) is 0 Å². The molecule has 0 bridgehead atoms. The molecule has 7 heavy (non-hydrogen) atoms. The SMILES string of the molecule is CO[C@@H](C)C(C)O. The quantitative estimate of drug-likeness (QED) is 0.549. The minimum Gasteiger partial charge on any atom is -0.391 e. The van der Waals surface area contributed by atoms with Crippen molar-refractivity contribution in [2.75, 3.05) is 7.11 Å².